The van der Waals surface area contributed by atoms with Crippen molar-refractivity contribution in [2.75, 3.05) is 0 Å². The minimum atomic E-state index is -2.32. The lowest BCUT2D eigenvalue weighted by atomic mass is 9.79. The molecule has 0 spiro atoms. The van der Waals surface area contributed by atoms with Crippen molar-refractivity contribution in [3.63, 3.8) is 0 Å². The number of ether oxygens (including phenoxy) is 4. The highest BCUT2D eigenvalue weighted by Gasteiger charge is 2.57. The summed E-state index contributed by atoms with van der Waals surface area (Å²) in [6.07, 6.45) is -5.18. The summed E-state index contributed by atoms with van der Waals surface area (Å²) in [6.45, 7) is 4.13. The van der Waals surface area contributed by atoms with Gasteiger partial charge in [0.2, 0.25) is 5.60 Å². The summed E-state index contributed by atoms with van der Waals surface area (Å²) >= 11 is 0. The summed E-state index contributed by atoms with van der Waals surface area (Å²) in [4.78, 5) is 56.8. The average Bonchev–Trinajstić information content (AvgIpc) is 2.40. The van der Waals surface area contributed by atoms with E-state index in [9.17, 15) is 28.4 Å². The fourth-order valence-corrected chi connectivity index (χ4v) is 2.75. The number of carbonyl (C=O) groups excluding carboxylic acids is 5. The molecular weight excluding hydrogens is 343 g/mol. The Morgan fingerprint density at radius 1 is 0.760 bits per heavy atom. The minimum Gasteiger partial charge on any atom is -0.458 e. The van der Waals surface area contributed by atoms with E-state index in [0.29, 0.717) is 0 Å². The van der Waals surface area contributed by atoms with Crippen LogP contribution >= 0.6 is 0 Å². The molecule has 9 nitrogen and oxygen atoms in total. The Balaban J connectivity index is 3.32. The molecular formula is C15H19FO9. The first kappa shape index (κ1) is 20.5. The van der Waals surface area contributed by atoms with E-state index in [1.54, 1.807) is 0 Å². The smallest absolute Gasteiger partial charge is 0.345 e. The van der Waals surface area contributed by atoms with E-state index in [0.717, 1.165) is 27.7 Å². The summed E-state index contributed by atoms with van der Waals surface area (Å²) in [5.41, 5.74) is -2.32. The van der Waals surface area contributed by atoms with Crippen LogP contribution in [0.4, 0.5) is 4.39 Å². The van der Waals surface area contributed by atoms with Crippen LogP contribution in [0.2, 0.25) is 0 Å². The Kier molecular flexibility index (Phi) is 6.60. The predicted octanol–water partition coefficient (Wildman–Crippen LogP) is 0.373. The lowest BCUT2D eigenvalue weighted by Gasteiger charge is -2.43. The molecule has 140 valence electrons. The van der Waals surface area contributed by atoms with Crippen LogP contribution < -0.4 is 0 Å². The van der Waals surface area contributed by atoms with Crippen molar-refractivity contribution in [2.45, 2.75) is 64.4 Å². The molecule has 0 bridgehead atoms. The maximum Gasteiger partial charge on any atom is 0.345 e. The number of carbonyl (C=O) groups is 5. The third kappa shape index (κ3) is 5.50. The molecule has 0 aromatic heterocycles. The van der Waals surface area contributed by atoms with Crippen LogP contribution in [-0.2, 0) is 42.9 Å². The van der Waals surface area contributed by atoms with Gasteiger partial charge in [0.1, 0.15) is 12.2 Å². The molecule has 0 unspecified atom stereocenters. The van der Waals surface area contributed by atoms with E-state index in [2.05, 4.69) is 0 Å². The molecule has 10 heteroatoms. The first-order valence-corrected chi connectivity index (χ1v) is 7.38. The Hall–Kier alpha value is -2.52. The highest BCUT2D eigenvalue weighted by Crippen LogP contribution is 2.38. The van der Waals surface area contributed by atoms with Crippen LogP contribution in [0, 0.1) is 0 Å². The van der Waals surface area contributed by atoms with Gasteiger partial charge in [-0.1, -0.05) is 0 Å². The molecule has 0 radical (unpaired) electrons. The Morgan fingerprint density at radius 3 is 1.44 bits per heavy atom. The summed E-state index contributed by atoms with van der Waals surface area (Å²) < 4.78 is 33.5. The Morgan fingerprint density at radius 2 is 1.16 bits per heavy atom. The average molecular weight is 362 g/mol. The summed E-state index contributed by atoms with van der Waals surface area (Å²) in [7, 11) is 0. The van der Waals surface area contributed by atoms with Gasteiger partial charge in [0.25, 0.3) is 0 Å². The zero-order valence-electron chi connectivity index (χ0n) is 14.2. The number of halogens is 1. The summed E-state index contributed by atoms with van der Waals surface area (Å²) in [6, 6.07) is -2.00. The molecule has 1 aliphatic carbocycles. The molecule has 0 amide bonds. The van der Waals surface area contributed by atoms with E-state index in [1.165, 1.54) is 0 Å². The molecule has 0 aliphatic heterocycles. The number of hydrogen-bond acceptors (Lipinski definition) is 9. The molecule has 0 N–H and O–H groups in total. The number of esters is 4. The van der Waals surface area contributed by atoms with Gasteiger partial charge in [-0.15, -0.1) is 0 Å². The zero-order valence-corrected chi connectivity index (χ0v) is 14.2. The van der Waals surface area contributed by atoms with Crippen LogP contribution in [0.1, 0.15) is 40.5 Å². The van der Waals surface area contributed by atoms with Gasteiger partial charge in [-0.25, -0.2) is 0 Å². The van der Waals surface area contributed by atoms with E-state index in [1.807, 2.05) is 0 Å². The van der Waals surface area contributed by atoms with E-state index < -0.39 is 66.7 Å². The maximum atomic E-state index is 13.7. The number of rotatable bonds is 5. The Labute approximate surface area is 142 Å². The van der Waals surface area contributed by atoms with E-state index in [4.69, 9.17) is 18.9 Å². The molecule has 0 aromatic carbocycles. The quantitative estimate of drug-likeness (QED) is 0.388. The van der Waals surface area contributed by atoms with Crippen LogP contribution in [0.5, 0.6) is 0 Å². The van der Waals surface area contributed by atoms with Gasteiger partial charge in [-0.05, 0) is 0 Å². The van der Waals surface area contributed by atoms with Gasteiger partial charge >= 0.3 is 29.9 Å². The second-order valence-corrected chi connectivity index (χ2v) is 5.64. The van der Waals surface area contributed by atoms with E-state index >= 15 is 0 Å². The minimum absolute atomic E-state index is 0.586. The van der Waals surface area contributed by atoms with Gasteiger partial charge in [0, 0.05) is 40.5 Å². The lowest BCUT2D eigenvalue weighted by Crippen LogP contribution is -2.60. The predicted molar refractivity (Wildman–Crippen MR) is 76.5 cm³/mol. The molecule has 1 aliphatic rings. The molecule has 0 heterocycles. The van der Waals surface area contributed by atoms with Crippen LogP contribution in [-0.4, -0.2) is 53.8 Å². The topological polar surface area (TPSA) is 122 Å². The van der Waals surface area contributed by atoms with Crippen LogP contribution in [0.15, 0.2) is 0 Å². The molecule has 25 heavy (non-hydrogen) atoms. The molecule has 0 saturated heterocycles. The first-order valence-electron chi connectivity index (χ1n) is 7.38. The summed E-state index contributed by atoms with van der Waals surface area (Å²) in [5.74, 6) is -3.35. The SMILES string of the molecule is CC(=O)OC1[C@H](OC(C)=O)CC(OC(C)=O)(C(=O)F)C[C@H]1OC(C)=O. The largest absolute Gasteiger partial charge is 0.458 e. The van der Waals surface area contributed by atoms with Crippen LogP contribution in [0.25, 0.3) is 0 Å². The van der Waals surface area contributed by atoms with Gasteiger partial charge in [0.05, 0.1) is 0 Å². The van der Waals surface area contributed by atoms with Crippen molar-refractivity contribution < 1.29 is 47.3 Å². The molecule has 1 rings (SSSR count). The fourth-order valence-electron chi connectivity index (χ4n) is 2.75. The molecule has 2 atom stereocenters. The van der Waals surface area contributed by atoms with Crippen molar-refractivity contribution in [1.82, 2.24) is 0 Å². The fraction of sp³-hybridized carbons (Fsp3) is 0.667. The first-order chi connectivity index (χ1) is 11.5. The third-order valence-corrected chi connectivity index (χ3v) is 3.43. The zero-order chi connectivity index (χ0) is 19.4. The molecule has 1 saturated carbocycles. The highest BCUT2D eigenvalue weighted by atomic mass is 19.1. The summed E-state index contributed by atoms with van der Waals surface area (Å²) in [5, 5.41) is 0. The third-order valence-electron chi connectivity index (χ3n) is 3.43. The second-order valence-electron chi connectivity index (χ2n) is 5.64. The van der Waals surface area contributed by atoms with Gasteiger partial charge in [0.15, 0.2) is 6.10 Å². The van der Waals surface area contributed by atoms with Crippen LogP contribution in [0.3, 0.4) is 0 Å². The number of hydrogen-bond donors (Lipinski definition) is 0. The van der Waals surface area contributed by atoms with Gasteiger partial charge < -0.3 is 18.9 Å². The van der Waals surface area contributed by atoms with Crippen molar-refractivity contribution >= 4 is 29.9 Å². The van der Waals surface area contributed by atoms with Crippen molar-refractivity contribution in [3.8, 4) is 0 Å². The van der Waals surface area contributed by atoms with Crippen molar-refractivity contribution in [1.29, 1.82) is 0 Å². The van der Waals surface area contributed by atoms with Gasteiger partial charge in [-0.2, -0.15) is 4.39 Å². The van der Waals surface area contributed by atoms with Crippen molar-refractivity contribution in [2.24, 2.45) is 0 Å². The standard InChI is InChI=1S/C15H19FO9/c1-7(17)22-11-5-15(14(16)21,25-10(4)20)6-12(23-8(2)18)13(11)24-9(3)19/h11-13H,5-6H2,1-4H3/t11-,12-,13?,15?/m1/s1. The monoisotopic (exact) mass is 362 g/mol. The Bertz CT molecular complexity index is 560. The lowest BCUT2D eigenvalue weighted by molar-refractivity contribution is -0.218. The second kappa shape index (κ2) is 8.04. The molecule has 1 fully saturated rings. The van der Waals surface area contributed by atoms with E-state index in [-0.39, 0.29) is 0 Å². The highest BCUT2D eigenvalue weighted by molar-refractivity contribution is 5.82. The molecule has 0 aromatic rings. The van der Waals surface area contributed by atoms with Crippen molar-refractivity contribution in [3.05, 3.63) is 0 Å². The van der Waals surface area contributed by atoms with Gasteiger partial charge in [-0.3, -0.25) is 24.0 Å². The maximum absolute atomic E-state index is 13.7. The normalized spacial score (nSPS) is 28.4.